The number of nitrogens with zero attached hydrogens (tertiary/aromatic N) is 4. The zero-order chi connectivity index (χ0) is 18.3. The van der Waals surface area contributed by atoms with Crippen molar-refractivity contribution in [1.29, 1.82) is 0 Å². The maximum Gasteiger partial charge on any atom is 0.273 e. The smallest absolute Gasteiger partial charge is 0.273 e. The first-order valence-electron chi connectivity index (χ1n) is 8.18. The standard InChI is InChI=1S/C18H16N4O2S2/c1-2-8-22-16-15(26-18(22)25)17(24)20(11-19-16)10-14(23)21-9-7-12-5-3-4-6-13(12)21/h2-6,11H,1,7-10H2. The monoisotopic (exact) mass is 384 g/mol. The van der Waals surface area contributed by atoms with Gasteiger partial charge < -0.3 is 9.47 Å². The second-order valence-electron chi connectivity index (χ2n) is 6.02. The van der Waals surface area contributed by atoms with E-state index < -0.39 is 0 Å². The Balaban J connectivity index is 1.67. The zero-order valence-corrected chi connectivity index (χ0v) is 15.6. The minimum Gasteiger partial charge on any atom is -0.310 e. The number of rotatable bonds is 4. The Morgan fingerprint density at radius 2 is 2.19 bits per heavy atom. The number of thiazole rings is 1. The molecule has 26 heavy (non-hydrogen) atoms. The van der Waals surface area contributed by atoms with E-state index in [1.807, 2.05) is 24.3 Å². The molecule has 0 unspecified atom stereocenters. The van der Waals surface area contributed by atoms with Crippen molar-refractivity contribution in [3.05, 3.63) is 63.1 Å². The molecule has 0 N–H and O–H groups in total. The van der Waals surface area contributed by atoms with E-state index in [9.17, 15) is 9.59 Å². The number of carbonyl (C=O) groups excluding carboxylic acids is 1. The third-order valence-corrected chi connectivity index (χ3v) is 5.88. The van der Waals surface area contributed by atoms with Crippen molar-refractivity contribution >= 4 is 45.5 Å². The first-order chi connectivity index (χ1) is 12.6. The molecule has 2 aromatic heterocycles. The van der Waals surface area contributed by atoms with Crippen LogP contribution >= 0.6 is 23.6 Å². The summed E-state index contributed by atoms with van der Waals surface area (Å²) in [5.74, 6) is -0.118. The van der Waals surface area contributed by atoms with E-state index in [4.69, 9.17) is 12.2 Å². The predicted molar refractivity (Wildman–Crippen MR) is 105 cm³/mol. The average Bonchev–Trinajstić information content (AvgIpc) is 3.20. The van der Waals surface area contributed by atoms with Crippen molar-refractivity contribution < 1.29 is 4.79 Å². The molecule has 3 aromatic rings. The van der Waals surface area contributed by atoms with Gasteiger partial charge in [0, 0.05) is 18.8 Å². The van der Waals surface area contributed by atoms with E-state index in [-0.39, 0.29) is 18.0 Å². The van der Waals surface area contributed by atoms with Gasteiger partial charge in [0.2, 0.25) is 5.91 Å². The molecule has 0 radical (unpaired) electrons. The van der Waals surface area contributed by atoms with E-state index in [1.165, 1.54) is 22.2 Å². The lowest BCUT2D eigenvalue weighted by molar-refractivity contribution is -0.119. The van der Waals surface area contributed by atoms with E-state index in [0.717, 1.165) is 17.7 Å². The number of allylic oxidation sites excluding steroid dienone is 1. The number of hydrogen-bond acceptors (Lipinski definition) is 5. The Hall–Kier alpha value is -2.58. The fourth-order valence-corrected chi connectivity index (χ4v) is 4.52. The molecule has 6 nitrogen and oxygen atoms in total. The molecule has 0 aliphatic carbocycles. The summed E-state index contributed by atoms with van der Waals surface area (Å²) in [5, 5.41) is 0. The van der Waals surface area contributed by atoms with Crippen LogP contribution in [0.1, 0.15) is 5.56 Å². The highest BCUT2D eigenvalue weighted by atomic mass is 32.1. The van der Waals surface area contributed by atoms with Crippen LogP contribution in [0.4, 0.5) is 5.69 Å². The van der Waals surface area contributed by atoms with Gasteiger partial charge in [-0.1, -0.05) is 35.6 Å². The Kier molecular flexibility index (Phi) is 4.29. The molecule has 0 saturated heterocycles. The highest BCUT2D eigenvalue weighted by molar-refractivity contribution is 7.73. The van der Waals surface area contributed by atoms with Crippen LogP contribution in [-0.4, -0.2) is 26.6 Å². The Labute approximate surface area is 158 Å². The molecule has 8 heteroatoms. The van der Waals surface area contributed by atoms with Crippen LogP contribution in [0.5, 0.6) is 0 Å². The quantitative estimate of drug-likeness (QED) is 0.513. The first kappa shape index (κ1) is 16.9. The maximum atomic E-state index is 12.8. The average molecular weight is 384 g/mol. The summed E-state index contributed by atoms with van der Waals surface area (Å²) in [6.45, 7) is 4.80. The fourth-order valence-electron chi connectivity index (χ4n) is 3.20. The zero-order valence-electron chi connectivity index (χ0n) is 13.9. The van der Waals surface area contributed by atoms with Gasteiger partial charge in [0.25, 0.3) is 5.56 Å². The number of amides is 1. The minimum absolute atomic E-state index is 0.0395. The lowest BCUT2D eigenvalue weighted by Crippen LogP contribution is -2.35. The molecule has 0 spiro atoms. The van der Waals surface area contributed by atoms with Gasteiger partial charge in [0.05, 0.1) is 0 Å². The van der Waals surface area contributed by atoms with E-state index in [1.54, 1.807) is 15.5 Å². The third-order valence-electron chi connectivity index (χ3n) is 4.45. The van der Waals surface area contributed by atoms with Gasteiger partial charge in [-0.3, -0.25) is 14.2 Å². The largest absolute Gasteiger partial charge is 0.310 e. The second kappa shape index (κ2) is 6.62. The number of benzene rings is 1. The molecular formula is C18H16N4O2S2. The van der Waals surface area contributed by atoms with Crippen LogP contribution in [0.3, 0.4) is 0 Å². The Bertz CT molecular complexity index is 1140. The number of fused-ring (bicyclic) bond motifs is 2. The molecule has 0 bridgehead atoms. The van der Waals surface area contributed by atoms with E-state index in [0.29, 0.717) is 27.4 Å². The molecule has 1 aliphatic rings. The summed E-state index contributed by atoms with van der Waals surface area (Å²) in [6, 6.07) is 7.85. The van der Waals surface area contributed by atoms with Crippen LogP contribution < -0.4 is 10.5 Å². The number of hydrogen-bond donors (Lipinski definition) is 0. The molecular weight excluding hydrogens is 368 g/mol. The van der Waals surface area contributed by atoms with Crippen LogP contribution in [0.15, 0.2) is 48.0 Å². The molecule has 1 aliphatic heterocycles. The fraction of sp³-hybridized carbons (Fsp3) is 0.222. The summed E-state index contributed by atoms with van der Waals surface area (Å²) in [4.78, 5) is 31.6. The van der Waals surface area contributed by atoms with Gasteiger partial charge in [-0.05, 0) is 30.3 Å². The molecule has 4 rings (SSSR count). The number of para-hydroxylation sites is 1. The lowest BCUT2D eigenvalue weighted by Gasteiger charge is -2.17. The second-order valence-corrected chi connectivity index (χ2v) is 7.67. The van der Waals surface area contributed by atoms with E-state index >= 15 is 0 Å². The van der Waals surface area contributed by atoms with Gasteiger partial charge in [0.1, 0.15) is 17.6 Å². The highest BCUT2D eigenvalue weighted by Gasteiger charge is 2.24. The number of carbonyl (C=O) groups is 1. The normalized spacial score (nSPS) is 13.2. The lowest BCUT2D eigenvalue weighted by atomic mass is 10.2. The van der Waals surface area contributed by atoms with Crippen molar-refractivity contribution in [3.63, 3.8) is 0 Å². The van der Waals surface area contributed by atoms with E-state index in [2.05, 4.69) is 11.6 Å². The van der Waals surface area contributed by atoms with Gasteiger partial charge in [0.15, 0.2) is 9.60 Å². The summed E-state index contributed by atoms with van der Waals surface area (Å²) < 4.78 is 4.16. The predicted octanol–water partition coefficient (Wildman–Crippen LogP) is 2.76. The molecule has 1 amide bonds. The topological polar surface area (TPSA) is 60.1 Å². The number of aromatic nitrogens is 3. The summed E-state index contributed by atoms with van der Waals surface area (Å²) in [6.07, 6.45) is 3.97. The molecule has 1 aromatic carbocycles. The Morgan fingerprint density at radius 1 is 1.38 bits per heavy atom. The van der Waals surface area contributed by atoms with Crippen molar-refractivity contribution in [2.75, 3.05) is 11.4 Å². The molecule has 132 valence electrons. The first-order valence-corrected chi connectivity index (χ1v) is 9.40. The molecule has 0 saturated carbocycles. The highest BCUT2D eigenvalue weighted by Crippen LogP contribution is 2.27. The maximum absolute atomic E-state index is 12.8. The van der Waals surface area contributed by atoms with Crippen molar-refractivity contribution in [2.24, 2.45) is 0 Å². The van der Waals surface area contributed by atoms with Crippen LogP contribution in [0.25, 0.3) is 10.3 Å². The Morgan fingerprint density at radius 3 is 3.00 bits per heavy atom. The number of anilines is 1. The SMILES string of the molecule is C=CCn1c(=S)sc2c(=O)n(CC(=O)N3CCc4ccccc43)cnc21. The van der Waals surface area contributed by atoms with Crippen LogP contribution in [0, 0.1) is 3.95 Å². The summed E-state index contributed by atoms with van der Waals surface area (Å²) in [5.41, 5.74) is 2.38. The van der Waals surface area contributed by atoms with Gasteiger partial charge in [-0.25, -0.2) is 4.98 Å². The van der Waals surface area contributed by atoms with Gasteiger partial charge in [-0.15, -0.1) is 6.58 Å². The third kappa shape index (κ3) is 2.71. The van der Waals surface area contributed by atoms with Crippen molar-refractivity contribution in [2.45, 2.75) is 19.5 Å². The summed E-state index contributed by atoms with van der Waals surface area (Å²) >= 11 is 6.53. The van der Waals surface area contributed by atoms with Crippen LogP contribution in [-0.2, 0) is 24.3 Å². The summed E-state index contributed by atoms with van der Waals surface area (Å²) in [7, 11) is 0. The molecule has 0 atom stereocenters. The van der Waals surface area contributed by atoms with Gasteiger partial charge in [-0.2, -0.15) is 0 Å². The van der Waals surface area contributed by atoms with Crippen LogP contribution in [0.2, 0.25) is 0 Å². The van der Waals surface area contributed by atoms with Crippen molar-refractivity contribution in [3.8, 4) is 0 Å². The minimum atomic E-state index is -0.241. The molecule has 3 heterocycles. The van der Waals surface area contributed by atoms with Crippen molar-refractivity contribution in [1.82, 2.24) is 14.1 Å². The van der Waals surface area contributed by atoms with Gasteiger partial charge >= 0.3 is 0 Å². The molecule has 0 fully saturated rings.